The van der Waals surface area contributed by atoms with Crippen LogP contribution in [0.3, 0.4) is 0 Å². The smallest absolute Gasteiger partial charge is 0.0912 e. The molecule has 2 aliphatic rings. The number of nitrogens with one attached hydrogen (secondary N) is 1. The van der Waals surface area contributed by atoms with Gasteiger partial charge in [0.05, 0.1) is 19.1 Å². The molecular formula is C9H18N2O. The predicted octanol–water partition coefficient (Wildman–Crippen LogP) is 0.847. The van der Waals surface area contributed by atoms with Crippen molar-refractivity contribution in [1.82, 2.24) is 5.32 Å². The lowest BCUT2D eigenvalue weighted by atomic mass is 10.1. The van der Waals surface area contributed by atoms with E-state index in [1.165, 1.54) is 0 Å². The molecule has 2 saturated heterocycles. The van der Waals surface area contributed by atoms with Gasteiger partial charge in [-0.15, -0.1) is 0 Å². The summed E-state index contributed by atoms with van der Waals surface area (Å²) in [5.74, 6) is 0. The Morgan fingerprint density at radius 2 is 1.67 bits per heavy atom. The van der Waals surface area contributed by atoms with E-state index >= 15 is 0 Å². The molecule has 0 spiro atoms. The summed E-state index contributed by atoms with van der Waals surface area (Å²) in [4.78, 5) is 0. The number of piperidine rings is 1. The van der Waals surface area contributed by atoms with Crippen LogP contribution in [0.1, 0.15) is 25.7 Å². The Hall–Kier alpha value is -0.120. The van der Waals surface area contributed by atoms with Crippen molar-refractivity contribution in [2.75, 3.05) is 26.2 Å². The van der Waals surface area contributed by atoms with E-state index < -0.39 is 0 Å². The minimum absolute atomic E-state index is 0.127. The summed E-state index contributed by atoms with van der Waals surface area (Å²) in [5, 5.41) is 15.5. The molecule has 2 fully saturated rings. The van der Waals surface area contributed by atoms with Crippen LogP contribution in [-0.2, 0) is 0 Å². The van der Waals surface area contributed by atoms with E-state index in [0.29, 0.717) is 6.04 Å². The second kappa shape index (κ2) is 3.32. The molecule has 70 valence electrons. The van der Waals surface area contributed by atoms with Crippen LogP contribution in [0, 0.1) is 5.21 Å². The van der Waals surface area contributed by atoms with Crippen molar-refractivity contribution in [3.05, 3.63) is 5.21 Å². The molecule has 0 bridgehead atoms. The second-order valence-electron chi connectivity index (χ2n) is 4.09. The Morgan fingerprint density at radius 3 is 2.25 bits per heavy atom. The van der Waals surface area contributed by atoms with Crippen molar-refractivity contribution >= 4 is 0 Å². The van der Waals surface area contributed by atoms with Gasteiger partial charge in [-0.25, -0.2) is 0 Å². The van der Waals surface area contributed by atoms with Crippen molar-refractivity contribution in [3.63, 3.8) is 0 Å². The summed E-state index contributed by atoms with van der Waals surface area (Å²) in [6.07, 6.45) is 4.47. The predicted molar refractivity (Wildman–Crippen MR) is 48.5 cm³/mol. The molecule has 3 heteroatoms. The van der Waals surface area contributed by atoms with E-state index in [-0.39, 0.29) is 4.65 Å². The van der Waals surface area contributed by atoms with Crippen molar-refractivity contribution < 1.29 is 4.65 Å². The van der Waals surface area contributed by atoms with Crippen LogP contribution in [0.25, 0.3) is 0 Å². The quantitative estimate of drug-likeness (QED) is 0.467. The highest BCUT2D eigenvalue weighted by molar-refractivity contribution is 4.72. The molecule has 0 saturated carbocycles. The number of hydrogen-bond donors (Lipinski definition) is 1. The highest BCUT2D eigenvalue weighted by atomic mass is 16.5. The first-order valence-corrected chi connectivity index (χ1v) is 5.10. The van der Waals surface area contributed by atoms with Gasteiger partial charge < -0.3 is 15.2 Å². The zero-order chi connectivity index (χ0) is 8.44. The van der Waals surface area contributed by atoms with Gasteiger partial charge in [0, 0.05) is 38.8 Å². The van der Waals surface area contributed by atoms with Crippen LogP contribution in [0.15, 0.2) is 0 Å². The molecule has 0 atom stereocenters. The zero-order valence-electron chi connectivity index (χ0n) is 7.59. The summed E-state index contributed by atoms with van der Waals surface area (Å²) in [7, 11) is 0. The first-order chi connectivity index (χ1) is 5.81. The highest BCUT2D eigenvalue weighted by Crippen LogP contribution is 2.26. The fraction of sp³-hybridized carbons (Fsp3) is 1.00. The SMILES string of the molecule is [O-][N+]1(C2CCNCC2)CCCC1. The molecule has 3 nitrogen and oxygen atoms in total. The molecule has 0 radical (unpaired) electrons. The average Bonchev–Trinajstić information content (AvgIpc) is 2.55. The lowest BCUT2D eigenvalue weighted by Crippen LogP contribution is -2.52. The number of quaternary nitrogens is 1. The summed E-state index contributed by atoms with van der Waals surface area (Å²) in [6.45, 7) is 3.86. The van der Waals surface area contributed by atoms with Crippen molar-refractivity contribution in [2.24, 2.45) is 0 Å². The summed E-state index contributed by atoms with van der Waals surface area (Å²) < 4.78 is 0.127. The van der Waals surface area contributed by atoms with E-state index in [4.69, 9.17) is 0 Å². The van der Waals surface area contributed by atoms with Crippen molar-refractivity contribution in [1.29, 1.82) is 0 Å². The van der Waals surface area contributed by atoms with E-state index in [1.54, 1.807) is 0 Å². The third-order valence-corrected chi connectivity index (χ3v) is 3.30. The molecule has 0 aromatic heterocycles. The fourth-order valence-corrected chi connectivity index (χ4v) is 2.51. The number of hydroxylamine groups is 3. The van der Waals surface area contributed by atoms with Crippen LogP contribution in [0.4, 0.5) is 0 Å². The van der Waals surface area contributed by atoms with Gasteiger partial charge in [0.2, 0.25) is 0 Å². The summed E-state index contributed by atoms with van der Waals surface area (Å²) in [6, 6.07) is 0.411. The molecule has 2 heterocycles. The van der Waals surface area contributed by atoms with Gasteiger partial charge >= 0.3 is 0 Å². The van der Waals surface area contributed by atoms with E-state index in [0.717, 1.165) is 51.9 Å². The molecule has 0 aromatic carbocycles. The van der Waals surface area contributed by atoms with Gasteiger partial charge in [0.25, 0.3) is 0 Å². The van der Waals surface area contributed by atoms with Crippen LogP contribution >= 0.6 is 0 Å². The van der Waals surface area contributed by atoms with Gasteiger partial charge in [-0.3, -0.25) is 0 Å². The topological polar surface area (TPSA) is 35.1 Å². The van der Waals surface area contributed by atoms with Crippen LogP contribution in [0.5, 0.6) is 0 Å². The van der Waals surface area contributed by atoms with Crippen molar-refractivity contribution in [2.45, 2.75) is 31.7 Å². The molecule has 0 amide bonds. The van der Waals surface area contributed by atoms with Gasteiger partial charge in [-0.1, -0.05) is 0 Å². The highest BCUT2D eigenvalue weighted by Gasteiger charge is 2.32. The maximum Gasteiger partial charge on any atom is 0.0912 e. The lowest BCUT2D eigenvalue weighted by molar-refractivity contribution is -0.894. The van der Waals surface area contributed by atoms with E-state index in [2.05, 4.69) is 5.32 Å². The van der Waals surface area contributed by atoms with E-state index in [9.17, 15) is 5.21 Å². The first kappa shape index (κ1) is 8.48. The largest absolute Gasteiger partial charge is 0.633 e. The Morgan fingerprint density at radius 1 is 1.08 bits per heavy atom. The zero-order valence-corrected chi connectivity index (χ0v) is 7.59. The Balaban J connectivity index is 1.96. The molecule has 12 heavy (non-hydrogen) atoms. The Kier molecular flexibility index (Phi) is 2.35. The Bertz CT molecular complexity index is 149. The normalized spacial score (nSPS) is 30.8. The maximum atomic E-state index is 12.2. The molecular weight excluding hydrogens is 152 g/mol. The molecule has 0 aliphatic carbocycles. The molecule has 0 aromatic rings. The monoisotopic (exact) mass is 170 g/mol. The van der Waals surface area contributed by atoms with Gasteiger partial charge in [0.1, 0.15) is 0 Å². The lowest BCUT2D eigenvalue weighted by Gasteiger charge is -2.47. The number of rotatable bonds is 1. The van der Waals surface area contributed by atoms with Gasteiger partial charge in [-0.05, 0) is 0 Å². The average molecular weight is 170 g/mol. The fourth-order valence-electron chi connectivity index (χ4n) is 2.51. The minimum atomic E-state index is 0.127. The molecule has 1 N–H and O–H groups in total. The first-order valence-electron chi connectivity index (χ1n) is 5.10. The minimum Gasteiger partial charge on any atom is -0.633 e. The standard InChI is InChI=1S/C9H18N2O/c12-11(7-1-2-8-11)9-3-5-10-6-4-9/h9-10H,1-8H2. The third kappa shape index (κ3) is 1.49. The number of nitrogens with zero attached hydrogens (tertiary/aromatic N) is 1. The van der Waals surface area contributed by atoms with E-state index in [1.807, 2.05) is 0 Å². The van der Waals surface area contributed by atoms with Crippen LogP contribution in [-0.4, -0.2) is 36.9 Å². The van der Waals surface area contributed by atoms with Gasteiger partial charge in [-0.2, -0.15) is 0 Å². The number of likely N-dealkylation sites (tertiary alicyclic amines) is 1. The summed E-state index contributed by atoms with van der Waals surface area (Å²) >= 11 is 0. The molecule has 0 unspecified atom stereocenters. The Labute approximate surface area is 73.9 Å². The number of hydrogen-bond acceptors (Lipinski definition) is 2. The van der Waals surface area contributed by atoms with Crippen molar-refractivity contribution in [3.8, 4) is 0 Å². The van der Waals surface area contributed by atoms with Crippen LogP contribution < -0.4 is 5.32 Å². The van der Waals surface area contributed by atoms with Crippen LogP contribution in [0.2, 0.25) is 0 Å². The summed E-state index contributed by atoms with van der Waals surface area (Å²) in [5.41, 5.74) is 0. The van der Waals surface area contributed by atoms with Gasteiger partial charge in [0.15, 0.2) is 0 Å². The second-order valence-corrected chi connectivity index (χ2v) is 4.09. The third-order valence-electron chi connectivity index (χ3n) is 3.30. The molecule has 2 rings (SSSR count). The molecule has 2 aliphatic heterocycles. The maximum absolute atomic E-state index is 12.2.